The van der Waals surface area contributed by atoms with E-state index in [-0.39, 0.29) is 12.3 Å². The number of carbonyl (C=O) groups excluding carboxylic acids is 4. The lowest BCUT2D eigenvalue weighted by Gasteiger charge is -2.29. The van der Waals surface area contributed by atoms with E-state index in [9.17, 15) is 19.2 Å². The normalized spacial score (nSPS) is 21.9. The van der Waals surface area contributed by atoms with Crippen molar-refractivity contribution in [3.63, 3.8) is 0 Å². The van der Waals surface area contributed by atoms with Gasteiger partial charge in [0.1, 0.15) is 18.4 Å². The minimum Gasteiger partial charge on any atom is -0.324 e. The van der Waals surface area contributed by atoms with Crippen LogP contribution < -0.4 is 15.5 Å². The monoisotopic (exact) mass is 474 g/mol. The molecule has 0 spiro atoms. The summed E-state index contributed by atoms with van der Waals surface area (Å²) in [5.74, 6) is -1.25. The van der Waals surface area contributed by atoms with Crippen LogP contribution in [0.25, 0.3) is 5.69 Å². The molecule has 12 heteroatoms. The molecule has 2 aliphatic heterocycles. The van der Waals surface area contributed by atoms with Crippen molar-refractivity contribution in [2.75, 3.05) is 16.8 Å². The van der Waals surface area contributed by atoms with E-state index in [0.717, 1.165) is 4.90 Å². The van der Waals surface area contributed by atoms with Gasteiger partial charge in [0.15, 0.2) is 0 Å². The van der Waals surface area contributed by atoms with Crippen LogP contribution in [0.1, 0.15) is 25.8 Å². The molecule has 5 amide bonds. The van der Waals surface area contributed by atoms with E-state index in [4.69, 9.17) is 0 Å². The summed E-state index contributed by atoms with van der Waals surface area (Å²) in [7, 11) is 0. The lowest BCUT2D eigenvalue weighted by atomic mass is 9.91. The number of fused-ring (bicyclic) bond motifs is 1. The van der Waals surface area contributed by atoms with Gasteiger partial charge in [-0.1, -0.05) is 24.3 Å². The Hall–Kier alpha value is -4.61. The molecule has 0 saturated carbocycles. The third-order valence-electron chi connectivity index (χ3n) is 6.23. The van der Waals surface area contributed by atoms with Gasteiger partial charge in [0.05, 0.1) is 17.1 Å². The van der Waals surface area contributed by atoms with Gasteiger partial charge in [-0.2, -0.15) is 0 Å². The molecular formula is C23H22N8O4. The fourth-order valence-corrected chi connectivity index (χ4v) is 4.45. The number of nitrogens with one attached hydrogen (secondary N) is 2. The van der Waals surface area contributed by atoms with Gasteiger partial charge in [0, 0.05) is 12.5 Å². The lowest BCUT2D eigenvalue weighted by molar-refractivity contribution is -0.134. The average molecular weight is 474 g/mol. The largest absolute Gasteiger partial charge is 0.325 e. The summed E-state index contributed by atoms with van der Waals surface area (Å²) in [5.41, 5.74) is 0.748. The van der Waals surface area contributed by atoms with Crippen LogP contribution >= 0.6 is 0 Å². The molecule has 2 N–H and O–H groups in total. The Labute approximate surface area is 199 Å². The number of anilines is 2. The van der Waals surface area contributed by atoms with Crippen molar-refractivity contribution in [2.45, 2.75) is 31.8 Å². The van der Waals surface area contributed by atoms with Gasteiger partial charge < -0.3 is 15.5 Å². The van der Waals surface area contributed by atoms with Crippen LogP contribution in [0.4, 0.5) is 16.2 Å². The number of tetrazole rings is 1. The van der Waals surface area contributed by atoms with Crippen LogP contribution in [0.2, 0.25) is 0 Å². The van der Waals surface area contributed by atoms with Crippen molar-refractivity contribution in [3.8, 4) is 5.69 Å². The molecule has 2 aliphatic rings. The van der Waals surface area contributed by atoms with E-state index in [1.54, 1.807) is 62.4 Å². The highest BCUT2D eigenvalue weighted by molar-refractivity contribution is 6.12. The molecule has 2 atom stereocenters. The van der Waals surface area contributed by atoms with Crippen LogP contribution in [-0.4, -0.2) is 61.4 Å². The van der Waals surface area contributed by atoms with Gasteiger partial charge in [-0.25, -0.2) is 9.48 Å². The van der Waals surface area contributed by atoms with Gasteiger partial charge in [0.2, 0.25) is 11.8 Å². The molecule has 12 nitrogen and oxygen atoms in total. The highest BCUT2D eigenvalue weighted by atomic mass is 16.2. The van der Waals surface area contributed by atoms with Crippen LogP contribution in [0.15, 0.2) is 54.9 Å². The van der Waals surface area contributed by atoms with Gasteiger partial charge >= 0.3 is 6.03 Å². The van der Waals surface area contributed by atoms with Gasteiger partial charge in [0.25, 0.3) is 5.91 Å². The van der Waals surface area contributed by atoms with E-state index in [1.165, 1.54) is 15.9 Å². The smallest absolute Gasteiger partial charge is 0.324 e. The minimum absolute atomic E-state index is 0.0855. The van der Waals surface area contributed by atoms with Crippen LogP contribution in [-0.2, 0) is 19.9 Å². The standard InChI is InChI=1S/C23H22N8O4/c1-14-10-19(32)25-17-8-3-4-9-18(17)31(14)20(33)12-29-21(34)23(2,26-22(29)35)15-6-5-7-16(11-15)30-13-24-27-28-30/h3-9,11,13-14H,10,12H2,1-2H3,(H,25,32)(H,26,35)/t14-,23+/m0/s1. The first-order valence-electron chi connectivity index (χ1n) is 11.0. The summed E-state index contributed by atoms with van der Waals surface area (Å²) in [4.78, 5) is 54.4. The van der Waals surface area contributed by atoms with Crippen molar-refractivity contribution in [1.29, 1.82) is 0 Å². The number of benzene rings is 2. The molecule has 0 aliphatic carbocycles. The molecule has 0 radical (unpaired) electrons. The van der Waals surface area contributed by atoms with Gasteiger partial charge in [-0.15, -0.1) is 5.10 Å². The SMILES string of the molecule is C[C@H]1CC(=O)Nc2ccccc2N1C(=O)CN1C(=O)N[C@](C)(c2cccc(-n3cnnn3)c2)C1=O. The topological polar surface area (TPSA) is 142 Å². The predicted octanol–water partition coefficient (Wildman–Crippen LogP) is 1.19. The molecule has 35 heavy (non-hydrogen) atoms. The van der Waals surface area contributed by atoms with E-state index < -0.39 is 36.0 Å². The Morgan fingerprint density at radius 1 is 1.14 bits per heavy atom. The summed E-state index contributed by atoms with van der Waals surface area (Å²) in [5, 5.41) is 16.6. The molecule has 0 unspecified atom stereocenters. The van der Waals surface area contributed by atoms with Crippen LogP contribution in [0.5, 0.6) is 0 Å². The fraction of sp³-hybridized carbons (Fsp3) is 0.261. The number of rotatable bonds is 4. The number of amides is 5. The molecule has 1 aromatic heterocycles. The molecule has 3 aromatic rings. The summed E-state index contributed by atoms with van der Waals surface area (Å²) >= 11 is 0. The summed E-state index contributed by atoms with van der Waals surface area (Å²) < 4.78 is 1.43. The van der Waals surface area contributed by atoms with E-state index in [2.05, 4.69) is 26.2 Å². The zero-order valence-electron chi connectivity index (χ0n) is 19.0. The maximum Gasteiger partial charge on any atom is 0.325 e. The van der Waals surface area contributed by atoms with Crippen LogP contribution in [0, 0.1) is 0 Å². The first-order chi connectivity index (χ1) is 16.8. The minimum atomic E-state index is -1.39. The fourth-order valence-electron chi connectivity index (χ4n) is 4.45. The van der Waals surface area contributed by atoms with Gasteiger partial charge in [-0.3, -0.25) is 19.3 Å². The Kier molecular flexibility index (Phi) is 5.27. The predicted molar refractivity (Wildman–Crippen MR) is 123 cm³/mol. The maximum atomic E-state index is 13.5. The second kappa shape index (κ2) is 8.31. The first-order valence-corrected chi connectivity index (χ1v) is 11.0. The third kappa shape index (κ3) is 3.78. The molecule has 178 valence electrons. The summed E-state index contributed by atoms with van der Waals surface area (Å²) in [6, 6.07) is 12.7. The second-order valence-electron chi connectivity index (χ2n) is 8.63. The maximum absolute atomic E-state index is 13.5. The molecular weight excluding hydrogens is 452 g/mol. The second-order valence-corrected chi connectivity index (χ2v) is 8.63. The highest BCUT2D eigenvalue weighted by Crippen LogP contribution is 2.33. The molecule has 3 heterocycles. The van der Waals surface area contributed by atoms with Crippen molar-refractivity contribution >= 4 is 35.1 Å². The molecule has 1 fully saturated rings. The number of para-hydroxylation sites is 2. The zero-order valence-corrected chi connectivity index (χ0v) is 19.0. The third-order valence-corrected chi connectivity index (χ3v) is 6.23. The number of carbonyl (C=O) groups is 4. The number of nitrogens with zero attached hydrogens (tertiary/aromatic N) is 6. The number of hydrogen-bond donors (Lipinski definition) is 2. The number of hydrogen-bond acceptors (Lipinski definition) is 7. The Bertz CT molecular complexity index is 1340. The highest BCUT2D eigenvalue weighted by Gasteiger charge is 2.50. The number of imide groups is 1. The quantitative estimate of drug-likeness (QED) is 0.541. The molecule has 5 rings (SSSR count). The molecule has 1 saturated heterocycles. The van der Waals surface area contributed by atoms with E-state index in [1.807, 2.05) is 0 Å². The molecule has 0 bridgehead atoms. The van der Waals surface area contributed by atoms with Crippen molar-refractivity contribution in [3.05, 3.63) is 60.4 Å². The number of urea groups is 1. The van der Waals surface area contributed by atoms with Crippen molar-refractivity contribution in [1.82, 2.24) is 30.4 Å². The molecule has 2 aromatic carbocycles. The zero-order chi connectivity index (χ0) is 24.7. The summed E-state index contributed by atoms with van der Waals surface area (Å²) in [6.07, 6.45) is 1.50. The summed E-state index contributed by atoms with van der Waals surface area (Å²) in [6.45, 7) is 2.86. The Morgan fingerprint density at radius 3 is 2.71 bits per heavy atom. The van der Waals surface area contributed by atoms with E-state index >= 15 is 0 Å². The van der Waals surface area contributed by atoms with Crippen LogP contribution in [0.3, 0.4) is 0 Å². The first kappa shape index (κ1) is 22.2. The van der Waals surface area contributed by atoms with Crippen molar-refractivity contribution in [2.24, 2.45) is 0 Å². The van der Waals surface area contributed by atoms with Crippen molar-refractivity contribution < 1.29 is 19.2 Å². The average Bonchev–Trinajstić information content (AvgIpc) is 3.41. The van der Waals surface area contributed by atoms with Gasteiger partial charge in [-0.05, 0) is 54.1 Å². The Balaban J connectivity index is 1.42. The van der Waals surface area contributed by atoms with E-state index in [0.29, 0.717) is 22.6 Å². The number of aromatic nitrogens is 4. The Morgan fingerprint density at radius 2 is 1.94 bits per heavy atom. The lowest BCUT2D eigenvalue weighted by Crippen LogP contribution is -2.47.